The van der Waals surface area contributed by atoms with E-state index in [0.29, 0.717) is 0 Å². The van der Waals surface area contributed by atoms with Crippen LogP contribution in [0.5, 0.6) is 0 Å². The molecule has 0 amide bonds. The van der Waals surface area contributed by atoms with Gasteiger partial charge in [-0.2, -0.15) is 0 Å². The Hall–Kier alpha value is -1.14. The number of esters is 1. The van der Waals surface area contributed by atoms with Crippen molar-refractivity contribution in [3.05, 3.63) is 16.8 Å². The van der Waals surface area contributed by atoms with E-state index in [9.17, 15) is 4.79 Å². The summed E-state index contributed by atoms with van der Waals surface area (Å²) >= 11 is 3.30. The van der Waals surface area contributed by atoms with E-state index in [2.05, 4.69) is 16.9 Å². The maximum absolute atomic E-state index is 11.9. The van der Waals surface area contributed by atoms with Crippen LogP contribution in [0.4, 0.5) is 0 Å². The highest BCUT2D eigenvalue weighted by molar-refractivity contribution is 8.00. The molecule has 0 radical (unpaired) electrons. The molecule has 0 saturated heterocycles. The summed E-state index contributed by atoms with van der Waals surface area (Å²) in [4.78, 5) is 23.3. The number of aryl methyl sites for hydroxylation is 1. The number of carbonyl (C=O) groups is 1. The molecule has 1 aliphatic carbocycles. The maximum Gasteiger partial charge on any atom is 0.319 e. The standard InChI is InChI=1S/C16H20N2O2S2/c1-4-11(16(19)20-3)21-14-13-10-6-5-9(2)7-12(10)22-15(13)18-8-17-14/h8-9,11H,4-7H2,1-3H3/t9-,11+/m1/s1. The Morgan fingerprint density at radius 3 is 3.09 bits per heavy atom. The molecule has 2 aromatic rings. The third-order valence-corrected chi connectivity index (χ3v) is 6.65. The van der Waals surface area contributed by atoms with Crippen molar-refractivity contribution in [2.75, 3.05) is 7.11 Å². The van der Waals surface area contributed by atoms with Crippen LogP contribution in [-0.2, 0) is 22.4 Å². The Kier molecular flexibility index (Phi) is 4.68. The van der Waals surface area contributed by atoms with E-state index in [0.717, 1.165) is 35.0 Å². The van der Waals surface area contributed by atoms with Gasteiger partial charge in [-0.25, -0.2) is 9.97 Å². The lowest BCUT2D eigenvalue weighted by Crippen LogP contribution is -2.18. The van der Waals surface area contributed by atoms with Crippen molar-refractivity contribution in [3.63, 3.8) is 0 Å². The van der Waals surface area contributed by atoms with Gasteiger partial charge in [-0.15, -0.1) is 11.3 Å². The predicted molar refractivity (Wildman–Crippen MR) is 90.6 cm³/mol. The molecule has 0 aromatic carbocycles. The summed E-state index contributed by atoms with van der Waals surface area (Å²) in [6.45, 7) is 4.30. The zero-order valence-corrected chi connectivity index (χ0v) is 14.7. The maximum atomic E-state index is 11.9. The number of carbonyl (C=O) groups excluding carboxylic acids is 1. The second-order valence-electron chi connectivity index (χ2n) is 5.75. The number of ether oxygens (including phenoxy) is 1. The van der Waals surface area contributed by atoms with Gasteiger partial charge in [0.2, 0.25) is 0 Å². The van der Waals surface area contributed by atoms with Crippen LogP contribution in [-0.4, -0.2) is 28.3 Å². The van der Waals surface area contributed by atoms with Gasteiger partial charge in [-0.1, -0.05) is 25.6 Å². The summed E-state index contributed by atoms with van der Waals surface area (Å²) in [5, 5.41) is 1.89. The van der Waals surface area contributed by atoms with Gasteiger partial charge in [0.1, 0.15) is 21.4 Å². The molecule has 0 saturated carbocycles. The van der Waals surface area contributed by atoms with Crippen LogP contribution in [0, 0.1) is 5.92 Å². The summed E-state index contributed by atoms with van der Waals surface area (Å²) in [7, 11) is 1.44. The molecule has 118 valence electrons. The number of aromatic nitrogens is 2. The molecule has 2 aromatic heterocycles. The predicted octanol–water partition coefficient (Wildman–Crippen LogP) is 3.86. The van der Waals surface area contributed by atoms with Gasteiger partial charge in [0, 0.05) is 10.3 Å². The third kappa shape index (κ3) is 2.86. The van der Waals surface area contributed by atoms with Crippen molar-refractivity contribution in [1.29, 1.82) is 0 Å². The molecular weight excluding hydrogens is 316 g/mol. The van der Waals surface area contributed by atoms with Crippen molar-refractivity contribution in [2.24, 2.45) is 5.92 Å². The monoisotopic (exact) mass is 336 g/mol. The van der Waals surface area contributed by atoms with Gasteiger partial charge in [-0.3, -0.25) is 4.79 Å². The average molecular weight is 336 g/mol. The fourth-order valence-electron chi connectivity index (χ4n) is 2.90. The summed E-state index contributed by atoms with van der Waals surface area (Å²) in [5.74, 6) is 0.556. The number of methoxy groups -OCH3 is 1. The van der Waals surface area contributed by atoms with Crippen molar-refractivity contribution in [3.8, 4) is 0 Å². The number of nitrogens with zero attached hydrogens (tertiary/aromatic N) is 2. The molecule has 4 nitrogen and oxygen atoms in total. The van der Waals surface area contributed by atoms with Gasteiger partial charge < -0.3 is 4.74 Å². The van der Waals surface area contributed by atoms with E-state index in [4.69, 9.17) is 4.74 Å². The highest BCUT2D eigenvalue weighted by Gasteiger charge is 2.26. The molecule has 2 atom stereocenters. The topological polar surface area (TPSA) is 52.1 Å². The van der Waals surface area contributed by atoms with Gasteiger partial charge in [0.25, 0.3) is 0 Å². The molecule has 0 bridgehead atoms. The number of hydrogen-bond acceptors (Lipinski definition) is 6. The summed E-state index contributed by atoms with van der Waals surface area (Å²) in [5.41, 5.74) is 1.40. The molecule has 0 spiro atoms. The highest BCUT2D eigenvalue weighted by Crippen LogP contribution is 2.41. The molecule has 0 N–H and O–H groups in total. The first-order valence-corrected chi connectivity index (χ1v) is 9.33. The van der Waals surface area contributed by atoms with Crippen LogP contribution in [0.3, 0.4) is 0 Å². The van der Waals surface area contributed by atoms with E-state index in [1.54, 1.807) is 17.7 Å². The largest absolute Gasteiger partial charge is 0.468 e. The van der Waals surface area contributed by atoms with Crippen LogP contribution in [0.15, 0.2) is 11.4 Å². The van der Waals surface area contributed by atoms with Crippen molar-refractivity contribution >= 4 is 39.3 Å². The second kappa shape index (κ2) is 6.54. The molecule has 3 rings (SSSR count). The van der Waals surface area contributed by atoms with E-state index in [1.807, 2.05) is 6.92 Å². The first kappa shape index (κ1) is 15.7. The number of thioether (sulfide) groups is 1. The fourth-order valence-corrected chi connectivity index (χ4v) is 5.39. The SMILES string of the molecule is CC[C@H](Sc1ncnc2sc3c(c12)CC[C@@H](C)C3)C(=O)OC. The highest BCUT2D eigenvalue weighted by atomic mass is 32.2. The van der Waals surface area contributed by atoms with Crippen molar-refractivity contribution in [2.45, 2.75) is 49.8 Å². The van der Waals surface area contributed by atoms with E-state index >= 15 is 0 Å². The fraction of sp³-hybridized carbons (Fsp3) is 0.562. The zero-order chi connectivity index (χ0) is 15.7. The number of hydrogen-bond donors (Lipinski definition) is 0. The molecule has 0 aliphatic heterocycles. The van der Waals surface area contributed by atoms with Crippen molar-refractivity contribution in [1.82, 2.24) is 9.97 Å². The van der Waals surface area contributed by atoms with Gasteiger partial charge >= 0.3 is 5.97 Å². The van der Waals surface area contributed by atoms with Gasteiger partial charge in [0.15, 0.2) is 0 Å². The Morgan fingerprint density at radius 1 is 1.55 bits per heavy atom. The first-order valence-electron chi connectivity index (χ1n) is 7.63. The Balaban J connectivity index is 2.01. The lowest BCUT2D eigenvalue weighted by Gasteiger charge is -2.18. The van der Waals surface area contributed by atoms with Crippen LogP contribution in [0.2, 0.25) is 0 Å². The molecule has 2 heterocycles. The van der Waals surface area contributed by atoms with E-state index in [-0.39, 0.29) is 11.2 Å². The average Bonchev–Trinajstić information content (AvgIpc) is 2.89. The minimum absolute atomic E-state index is 0.183. The summed E-state index contributed by atoms with van der Waals surface area (Å²) in [6, 6.07) is 0. The molecular formula is C16H20N2O2S2. The number of fused-ring (bicyclic) bond motifs is 3. The van der Waals surface area contributed by atoms with Crippen LogP contribution in [0.1, 0.15) is 37.1 Å². The quantitative estimate of drug-likeness (QED) is 0.482. The Morgan fingerprint density at radius 2 is 2.36 bits per heavy atom. The minimum Gasteiger partial charge on any atom is -0.468 e. The van der Waals surface area contributed by atoms with Crippen LogP contribution < -0.4 is 0 Å². The second-order valence-corrected chi connectivity index (χ2v) is 8.02. The smallest absolute Gasteiger partial charge is 0.319 e. The molecule has 0 fully saturated rings. The molecule has 22 heavy (non-hydrogen) atoms. The van der Waals surface area contributed by atoms with Crippen LogP contribution in [0.25, 0.3) is 10.2 Å². The first-order chi connectivity index (χ1) is 10.6. The van der Waals surface area contributed by atoms with Gasteiger partial charge in [-0.05, 0) is 37.2 Å². The van der Waals surface area contributed by atoms with E-state index < -0.39 is 0 Å². The molecule has 6 heteroatoms. The van der Waals surface area contributed by atoms with Crippen molar-refractivity contribution < 1.29 is 9.53 Å². The lowest BCUT2D eigenvalue weighted by atomic mass is 9.89. The summed E-state index contributed by atoms with van der Waals surface area (Å²) < 4.78 is 4.90. The summed E-state index contributed by atoms with van der Waals surface area (Å²) in [6.07, 6.45) is 5.78. The van der Waals surface area contributed by atoms with Crippen LogP contribution >= 0.6 is 23.1 Å². The molecule has 1 aliphatic rings. The third-order valence-electron chi connectivity index (χ3n) is 4.15. The Bertz CT molecular complexity index is 699. The van der Waals surface area contributed by atoms with E-state index in [1.165, 1.54) is 41.1 Å². The number of rotatable bonds is 4. The lowest BCUT2D eigenvalue weighted by molar-refractivity contribution is -0.140. The zero-order valence-electron chi connectivity index (χ0n) is 13.1. The Labute approximate surface area is 138 Å². The normalized spacial score (nSPS) is 19.0. The molecule has 0 unspecified atom stereocenters. The number of thiophene rings is 1. The minimum atomic E-state index is -0.207. The van der Waals surface area contributed by atoms with Gasteiger partial charge in [0.05, 0.1) is 7.11 Å².